The maximum Gasteiger partial charge on any atom is 0.278 e. The van der Waals surface area contributed by atoms with Crippen LogP contribution in [0.4, 0.5) is 0 Å². The molecule has 6 rings (SSSR count). The number of ether oxygens (including phenoxy) is 3. The van der Waals surface area contributed by atoms with Crippen molar-refractivity contribution in [3.8, 4) is 34.5 Å². The van der Waals surface area contributed by atoms with Crippen LogP contribution in [0.1, 0.15) is 17.4 Å². The topological polar surface area (TPSA) is 84.4 Å². The molecule has 0 bridgehead atoms. The van der Waals surface area contributed by atoms with Gasteiger partial charge in [0, 0.05) is 10.6 Å². The van der Waals surface area contributed by atoms with Crippen molar-refractivity contribution in [2.45, 2.75) is 19.3 Å². The number of nitrogens with zero attached hydrogens (tertiary/aromatic N) is 4. The van der Waals surface area contributed by atoms with Gasteiger partial charge in [0.1, 0.15) is 6.10 Å². The first-order chi connectivity index (χ1) is 14.7. The maximum absolute atomic E-state index is 6.05. The van der Waals surface area contributed by atoms with Crippen LogP contribution >= 0.6 is 11.6 Å². The molecule has 1 unspecified atom stereocenters. The Hall–Kier alpha value is -3.36. The van der Waals surface area contributed by atoms with E-state index in [9.17, 15) is 0 Å². The van der Waals surface area contributed by atoms with Crippen LogP contribution in [0.15, 0.2) is 53.1 Å². The number of fused-ring (bicyclic) bond motifs is 2. The molecule has 0 radical (unpaired) electrons. The highest BCUT2D eigenvalue weighted by Gasteiger charge is 2.26. The minimum atomic E-state index is -0.135. The summed E-state index contributed by atoms with van der Waals surface area (Å²) in [6, 6.07) is 15.1. The number of hydrogen-bond donors (Lipinski definition) is 0. The molecule has 1 atom stereocenters. The fraction of sp³-hybridized carbons (Fsp3) is 0.190. The second-order valence-corrected chi connectivity index (χ2v) is 7.49. The van der Waals surface area contributed by atoms with Crippen molar-refractivity contribution in [3.05, 3.63) is 64.8 Å². The molecule has 2 aliphatic heterocycles. The summed E-state index contributed by atoms with van der Waals surface area (Å²) in [5.74, 6) is 2.31. The lowest BCUT2D eigenvalue weighted by Crippen LogP contribution is -2.21. The van der Waals surface area contributed by atoms with Crippen LogP contribution in [-0.2, 0) is 17.9 Å². The van der Waals surface area contributed by atoms with Gasteiger partial charge in [0.2, 0.25) is 12.6 Å². The Bertz CT molecular complexity index is 1250. The van der Waals surface area contributed by atoms with E-state index in [1.54, 1.807) is 12.1 Å². The van der Waals surface area contributed by atoms with Gasteiger partial charge < -0.3 is 18.7 Å². The smallest absolute Gasteiger partial charge is 0.278 e. The van der Waals surface area contributed by atoms with Gasteiger partial charge in [-0.25, -0.2) is 0 Å². The van der Waals surface area contributed by atoms with Gasteiger partial charge in [0.05, 0.1) is 18.8 Å². The van der Waals surface area contributed by atoms with E-state index < -0.39 is 0 Å². The highest BCUT2D eigenvalue weighted by molar-refractivity contribution is 6.30. The molecule has 30 heavy (non-hydrogen) atoms. The van der Waals surface area contributed by atoms with Crippen molar-refractivity contribution in [1.29, 1.82) is 0 Å². The van der Waals surface area contributed by atoms with Gasteiger partial charge in [-0.3, -0.25) is 4.68 Å². The van der Waals surface area contributed by atoms with Crippen LogP contribution in [0.2, 0.25) is 5.02 Å². The van der Waals surface area contributed by atoms with Crippen molar-refractivity contribution < 1.29 is 18.7 Å². The molecule has 4 aromatic rings. The molecule has 0 spiro atoms. The highest BCUT2D eigenvalue weighted by Crippen LogP contribution is 2.37. The van der Waals surface area contributed by atoms with Crippen molar-refractivity contribution >= 4 is 11.6 Å². The van der Waals surface area contributed by atoms with Crippen LogP contribution < -0.4 is 9.47 Å². The Morgan fingerprint density at radius 1 is 1.03 bits per heavy atom. The molecule has 2 aromatic carbocycles. The zero-order valence-electron chi connectivity index (χ0n) is 15.6. The van der Waals surface area contributed by atoms with Crippen LogP contribution in [0, 0.1) is 0 Å². The number of aromatic nitrogens is 4. The SMILES string of the molecule is Clc1cccc(-c2noc(-c3cc4n(n3)CC(c3ccc5c(c3)OCO5)OC4)n2)c1. The largest absolute Gasteiger partial charge is 0.454 e. The van der Waals surface area contributed by atoms with E-state index in [-0.39, 0.29) is 12.9 Å². The summed E-state index contributed by atoms with van der Waals surface area (Å²) >= 11 is 6.05. The molecule has 0 amide bonds. The number of hydrogen-bond acceptors (Lipinski definition) is 7. The summed E-state index contributed by atoms with van der Waals surface area (Å²) in [5.41, 5.74) is 3.36. The van der Waals surface area contributed by atoms with E-state index in [0.717, 1.165) is 28.3 Å². The van der Waals surface area contributed by atoms with E-state index in [2.05, 4.69) is 15.2 Å². The Kier molecular flexibility index (Phi) is 4.00. The average molecular weight is 423 g/mol. The predicted octanol–water partition coefficient (Wildman–Crippen LogP) is 4.25. The van der Waals surface area contributed by atoms with E-state index in [0.29, 0.717) is 35.6 Å². The molecule has 0 N–H and O–H groups in total. The van der Waals surface area contributed by atoms with E-state index >= 15 is 0 Å². The van der Waals surface area contributed by atoms with Gasteiger partial charge in [-0.1, -0.05) is 35.0 Å². The Balaban J connectivity index is 1.26. The second kappa shape index (κ2) is 6.86. The van der Waals surface area contributed by atoms with Gasteiger partial charge >= 0.3 is 0 Å². The Morgan fingerprint density at radius 2 is 1.97 bits per heavy atom. The Labute approximate surface area is 175 Å². The molecule has 0 saturated heterocycles. The maximum atomic E-state index is 6.05. The average Bonchev–Trinajstić information content (AvgIpc) is 3.51. The lowest BCUT2D eigenvalue weighted by atomic mass is 10.1. The fourth-order valence-electron chi connectivity index (χ4n) is 3.62. The first-order valence-electron chi connectivity index (χ1n) is 9.41. The summed E-state index contributed by atoms with van der Waals surface area (Å²) in [4.78, 5) is 4.47. The van der Waals surface area contributed by atoms with Crippen LogP contribution in [0.3, 0.4) is 0 Å². The normalized spacial score (nSPS) is 17.2. The van der Waals surface area contributed by atoms with Crippen LogP contribution in [0.25, 0.3) is 23.0 Å². The van der Waals surface area contributed by atoms with Gasteiger partial charge in [-0.2, -0.15) is 10.1 Å². The molecular formula is C21H15ClN4O4. The molecule has 150 valence electrons. The van der Waals surface area contributed by atoms with Gasteiger partial charge in [-0.15, -0.1) is 0 Å². The van der Waals surface area contributed by atoms with E-state index in [1.165, 1.54) is 0 Å². The van der Waals surface area contributed by atoms with Gasteiger partial charge in [0.15, 0.2) is 17.2 Å². The van der Waals surface area contributed by atoms with E-state index in [4.69, 9.17) is 30.3 Å². The molecule has 4 heterocycles. The molecule has 0 fully saturated rings. The van der Waals surface area contributed by atoms with Crippen molar-refractivity contribution in [3.63, 3.8) is 0 Å². The van der Waals surface area contributed by atoms with Gasteiger partial charge in [-0.05, 0) is 35.9 Å². The molecule has 9 heteroatoms. The fourth-order valence-corrected chi connectivity index (χ4v) is 3.81. The lowest BCUT2D eigenvalue weighted by Gasteiger charge is -2.24. The monoisotopic (exact) mass is 422 g/mol. The minimum absolute atomic E-state index is 0.135. The van der Waals surface area contributed by atoms with E-state index in [1.807, 2.05) is 41.1 Å². The molecule has 0 saturated carbocycles. The predicted molar refractivity (Wildman–Crippen MR) is 106 cm³/mol. The summed E-state index contributed by atoms with van der Waals surface area (Å²) in [6.45, 7) is 1.25. The number of halogens is 1. The summed E-state index contributed by atoms with van der Waals surface area (Å²) in [6.07, 6.45) is -0.135. The summed E-state index contributed by atoms with van der Waals surface area (Å²) in [7, 11) is 0. The molecule has 2 aliphatic rings. The van der Waals surface area contributed by atoms with Crippen molar-refractivity contribution in [1.82, 2.24) is 19.9 Å². The summed E-state index contributed by atoms with van der Waals surface area (Å²) < 4.78 is 24.2. The number of rotatable bonds is 3. The first-order valence-corrected chi connectivity index (χ1v) is 9.79. The zero-order valence-corrected chi connectivity index (χ0v) is 16.4. The minimum Gasteiger partial charge on any atom is -0.454 e. The molecule has 8 nitrogen and oxygen atoms in total. The standard InChI is InChI=1S/C21H15ClN4O4/c22-14-3-1-2-13(6-14)20-23-21(30-25-20)16-8-15-10-27-19(9-26(15)24-16)12-4-5-17-18(7-12)29-11-28-17/h1-8,19H,9-11H2. The van der Waals surface area contributed by atoms with Crippen LogP contribution in [0.5, 0.6) is 11.5 Å². The van der Waals surface area contributed by atoms with Crippen LogP contribution in [-0.4, -0.2) is 26.7 Å². The lowest BCUT2D eigenvalue weighted by molar-refractivity contribution is -0.00122. The van der Waals surface area contributed by atoms with Crippen molar-refractivity contribution in [2.24, 2.45) is 0 Å². The zero-order chi connectivity index (χ0) is 20.1. The third kappa shape index (κ3) is 3.01. The first kappa shape index (κ1) is 17.5. The summed E-state index contributed by atoms with van der Waals surface area (Å²) in [5, 5.41) is 9.32. The molecular weight excluding hydrogens is 408 g/mol. The quantitative estimate of drug-likeness (QED) is 0.487. The number of benzene rings is 2. The molecule has 0 aliphatic carbocycles. The highest BCUT2D eigenvalue weighted by atomic mass is 35.5. The second-order valence-electron chi connectivity index (χ2n) is 7.05. The van der Waals surface area contributed by atoms with Gasteiger partial charge in [0.25, 0.3) is 5.89 Å². The third-order valence-electron chi connectivity index (χ3n) is 5.13. The Morgan fingerprint density at radius 3 is 2.90 bits per heavy atom. The molecule has 2 aromatic heterocycles. The third-order valence-corrected chi connectivity index (χ3v) is 5.37. The van der Waals surface area contributed by atoms with Crippen molar-refractivity contribution in [2.75, 3.05) is 6.79 Å².